The van der Waals surface area contributed by atoms with Crippen LogP contribution < -0.4 is 14.4 Å². The lowest BCUT2D eigenvalue weighted by Gasteiger charge is -2.33. The standard InChI is InChI=1S/C31H39N3O5S/c1-7-39-27-18-16-26(17-19-27)34(40(37,38)28-14-9-8-10-15-28)22-29(35)33(21-25-13-11-12-23(2)20-25)24(3)30(36)32-31(4,5)6/h8-20,24H,7,21-22H2,1-6H3,(H,32,36)/t24-/m0/s1. The smallest absolute Gasteiger partial charge is 0.264 e. The van der Waals surface area contributed by atoms with Crippen LogP contribution in [0, 0.1) is 6.92 Å². The summed E-state index contributed by atoms with van der Waals surface area (Å²) in [5, 5.41) is 2.93. The van der Waals surface area contributed by atoms with Gasteiger partial charge in [-0.1, -0.05) is 48.0 Å². The van der Waals surface area contributed by atoms with Crippen LogP contribution in [0.25, 0.3) is 0 Å². The van der Waals surface area contributed by atoms with E-state index in [9.17, 15) is 18.0 Å². The Hall–Kier alpha value is -3.85. The number of hydrogen-bond acceptors (Lipinski definition) is 5. The van der Waals surface area contributed by atoms with Crippen molar-refractivity contribution in [1.82, 2.24) is 10.2 Å². The van der Waals surface area contributed by atoms with Crippen LogP contribution >= 0.6 is 0 Å². The molecule has 3 aromatic rings. The van der Waals surface area contributed by atoms with E-state index in [0.29, 0.717) is 18.0 Å². The van der Waals surface area contributed by atoms with Crippen molar-refractivity contribution in [1.29, 1.82) is 0 Å². The van der Waals surface area contributed by atoms with E-state index in [4.69, 9.17) is 4.74 Å². The normalized spacial score (nSPS) is 12.3. The molecule has 0 aliphatic carbocycles. The highest BCUT2D eigenvalue weighted by atomic mass is 32.2. The van der Waals surface area contributed by atoms with Gasteiger partial charge in [0.2, 0.25) is 11.8 Å². The first-order valence-corrected chi connectivity index (χ1v) is 14.7. The maximum absolute atomic E-state index is 14.0. The number of benzene rings is 3. The van der Waals surface area contributed by atoms with Crippen LogP contribution in [-0.4, -0.2) is 49.9 Å². The van der Waals surface area contributed by atoms with E-state index in [1.54, 1.807) is 49.4 Å². The summed E-state index contributed by atoms with van der Waals surface area (Å²) in [7, 11) is -4.12. The summed E-state index contributed by atoms with van der Waals surface area (Å²) in [6.07, 6.45) is 0. The van der Waals surface area contributed by atoms with Crippen molar-refractivity contribution in [3.63, 3.8) is 0 Å². The zero-order valence-electron chi connectivity index (χ0n) is 24.0. The number of amides is 2. The number of sulfonamides is 1. The third-order valence-corrected chi connectivity index (χ3v) is 7.93. The maximum Gasteiger partial charge on any atom is 0.264 e. The molecule has 3 aromatic carbocycles. The van der Waals surface area contributed by atoms with Crippen LogP contribution in [0.1, 0.15) is 45.7 Å². The van der Waals surface area contributed by atoms with Gasteiger partial charge in [-0.15, -0.1) is 0 Å². The first-order valence-electron chi connectivity index (χ1n) is 13.3. The van der Waals surface area contributed by atoms with E-state index < -0.39 is 34.1 Å². The lowest BCUT2D eigenvalue weighted by atomic mass is 10.1. The van der Waals surface area contributed by atoms with Crippen LogP contribution in [0.2, 0.25) is 0 Å². The second-order valence-corrected chi connectivity index (χ2v) is 12.5. The average molecular weight is 566 g/mol. The molecule has 0 bridgehead atoms. The highest BCUT2D eigenvalue weighted by Gasteiger charge is 2.33. The molecule has 8 nitrogen and oxygen atoms in total. The Bertz CT molecular complexity index is 1400. The second-order valence-electron chi connectivity index (χ2n) is 10.7. The van der Waals surface area contributed by atoms with Crippen LogP contribution in [0.3, 0.4) is 0 Å². The first kappa shape index (κ1) is 30.7. The van der Waals surface area contributed by atoms with E-state index >= 15 is 0 Å². The van der Waals surface area contributed by atoms with Crippen molar-refractivity contribution in [3.05, 3.63) is 90.0 Å². The third kappa shape index (κ3) is 8.08. The molecule has 0 heterocycles. The summed E-state index contributed by atoms with van der Waals surface area (Å²) in [6, 6.07) is 21.3. The van der Waals surface area contributed by atoms with Crippen LogP contribution in [-0.2, 0) is 26.2 Å². The predicted octanol–water partition coefficient (Wildman–Crippen LogP) is 4.92. The SMILES string of the molecule is CCOc1ccc(N(CC(=O)N(Cc2cccc(C)c2)[C@@H](C)C(=O)NC(C)(C)C)S(=O)(=O)c2ccccc2)cc1. The number of aryl methyl sites for hydroxylation is 1. The number of hydrogen-bond donors (Lipinski definition) is 1. The molecule has 0 fully saturated rings. The summed E-state index contributed by atoms with van der Waals surface area (Å²) in [5.41, 5.74) is 1.65. The zero-order valence-corrected chi connectivity index (χ0v) is 24.9. The molecule has 9 heteroatoms. The van der Waals surface area contributed by atoms with Crippen molar-refractivity contribution in [3.8, 4) is 5.75 Å². The topological polar surface area (TPSA) is 96.0 Å². The highest BCUT2D eigenvalue weighted by molar-refractivity contribution is 7.92. The Morgan fingerprint density at radius 3 is 2.17 bits per heavy atom. The Morgan fingerprint density at radius 2 is 1.60 bits per heavy atom. The van der Waals surface area contributed by atoms with E-state index in [-0.39, 0.29) is 17.3 Å². The quantitative estimate of drug-likeness (QED) is 0.356. The molecule has 0 saturated carbocycles. The molecule has 0 spiro atoms. The Labute approximate surface area is 238 Å². The van der Waals surface area contributed by atoms with Gasteiger partial charge < -0.3 is 15.0 Å². The monoisotopic (exact) mass is 565 g/mol. The van der Waals surface area contributed by atoms with Gasteiger partial charge in [-0.05, 0) is 83.5 Å². The molecule has 1 N–H and O–H groups in total. The fraction of sp³-hybridized carbons (Fsp3) is 0.355. The minimum absolute atomic E-state index is 0.0560. The fourth-order valence-corrected chi connectivity index (χ4v) is 5.62. The predicted molar refractivity (Wildman–Crippen MR) is 158 cm³/mol. The molecule has 1 atom stereocenters. The Kier molecular flexibility index (Phi) is 9.98. The summed E-state index contributed by atoms with van der Waals surface area (Å²) in [6.45, 7) is 11.2. The molecule has 214 valence electrons. The minimum atomic E-state index is -4.12. The number of carbonyl (C=O) groups excluding carboxylic acids is 2. The van der Waals surface area contributed by atoms with Crippen molar-refractivity contribution >= 4 is 27.5 Å². The van der Waals surface area contributed by atoms with Gasteiger partial charge in [-0.25, -0.2) is 8.42 Å². The highest BCUT2D eigenvalue weighted by Crippen LogP contribution is 2.26. The average Bonchev–Trinajstić information content (AvgIpc) is 2.90. The molecule has 0 radical (unpaired) electrons. The first-order chi connectivity index (χ1) is 18.8. The molecule has 0 unspecified atom stereocenters. The number of nitrogens with zero attached hydrogens (tertiary/aromatic N) is 2. The van der Waals surface area contributed by atoms with Gasteiger partial charge in [0, 0.05) is 12.1 Å². The summed E-state index contributed by atoms with van der Waals surface area (Å²) < 4.78 is 34.3. The van der Waals surface area contributed by atoms with Crippen molar-refractivity contribution in [2.45, 2.75) is 64.6 Å². The number of anilines is 1. The summed E-state index contributed by atoms with van der Waals surface area (Å²) in [4.78, 5) is 28.7. The van der Waals surface area contributed by atoms with E-state index in [1.165, 1.54) is 17.0 Å². The van der Waals surface area contributed by atoms with Gasteiger partial charge >= 0.3 is 0 Å². The molecule has 3 rings (SSSR count). The Balaban J connectivity index is 2.03. The van der Waals surface area contributed by atoms with Gasteiger partial charge in [0.15, 0.2) is 0 Å². The summed E-state index contributed by atoms with van der Waals surface area (Å²) >= 11 is 0. The molecule has 0 aromatic heterocycles. The lowest BCUT2D eigenvalue weighted by Crippen LogP contribution is -2.54. The number of rotatable bonds is 11. The van der Waals surface area contributed by atoms with Crippen LogP contribution in [0.15, 0.2) is 83.8 Å². The van der Waals surface area contributed by atoms with E-state index in [0.717, 1.165) is 15.4 Å². The summed E-state index contributed by atoms with van der Waals surface area (Å²) in [5.74, 6) is -0.248. The van der Waals surface area contributed by atoms with E-state index in [2.05, 4.69) is 5.32 Å². The van der Waals surface area contributed by atoms with Crippen LogP contribution in [0.5, 0.6) is 5.75 Å². The number of ether oxygens (including phenoxy) is 1. The van der Waals surface area contributed by atoms with Gasteiger partial charge in [0.1, 0.15) is 18.3 Å². The van der Waals surface area contributed by atoms with Crippen molar-refractivity contribution in [2.24, 2.45) is 0 Å². The van der Waals surface area contributed by atoms with Crippen LogP contribution in [0.4, 0.5) is 5.69 Å². The Morgan fingerprint density at radius 1 is 0.950 bits per heavy atom. The third-order valence-electron chi connectivity index (χ3n) is 6.15. The lowest BCUT2D eigenvalue weighted by molar-refractivity contribution is -0.140. The van der Waals surface area contributed by atoms with Gasteiger partial charge in [0.25, 0.3) is 10.0 Å². The molecule has 40 heavy (non-hydrogen) atoms. The minimum Gasteiger partial charge on any atom is -0.494 e. The molecular formula is C31H39N3O5S. The fourth-order valence-electron chi connectivity index (χ4n) is 4.19. The number of nitrogens with one attached hydrogen (secondary N) is 1. The number of carbonyl (C=O) groups is 2. The molecule has 0 saturated heterocycles. The molecule has 0 aliphatic rings. The molecule has 2 amide bonds. The molecular weight excluding hydrogens is 526 g/mol. The van der Waals surface area contributed by atoms with Crippen molar-refractivity contribution < 1.29 is 22.7 Å². The maximum atomic E-state index is 14.0. The van der Waals surface area contributed by atoms with Crippen molar-refractivity contribution in [2.75, 3.05) is 17.5 Å². The molecule has 0 aliphatic heterocycles. The van der Waals surface area contributed by atoms with E-state index in [1.807, 2.05) is 58.9 Å². The van der Waals surface area contributed by atoms with Gasteiger partial charge in [0.05, 0.1) is 17.2 Å². The zero-order chi connectivity index (χ0) is 29.5. The largest absolute Gasteiger partial charge is 0.494 e. The van der Waals surface area contributed by atoms with Gasteiger partial charge in [-0.3, -0.25) is 13.9 Å². The van der Waals surface area contributed by atoms with Gasteiger partial charge in [-0.2, -0.15) is 0 Å². The second kappa shape index (κ2) is 13.0.